The monoisotopic (exact) mass is 249 g/mol. The maximum absolute atomic E-state index is 12.0. The predicted molar refractivity (Wildman–Crippen MR) is 73.5 cm³/mol. The van der Waals surface area contributed by atoms with Crippen LogP contribution in [0.15, 0.2) is 24.3 Å². The zero-order chi connectivity index (χ0) is 13.8. The Morgan fingerprint density at radius 2 is 1.83 bits per heavy atom. The third-order valence-electron chi connectivity index (χ3n) is 3.29. The fraction of sp³-hybridized carbons (Fsp3) is 0.533. The van der Waals surface area contributed by atoms with Crippen molar-refractivity contribution in [1.29, 1.82) is 0 Å². The first-order valence-electron chi connectivity index (χ1n) is 6.29. The summed E-state index contributed by atoms with van der Waals surface area (Å²) in [5.74, 6) is 0.0645. The molecule has 0 aromatic heterocycles. The van der Waals surface area contributed by atoms with Gasteiger partial charge in [0.1, 0.15) is 0 Å². The topological polar surface area (TPSA) is 40.5 Å². The zero-order valence-electron chi connectivity index (χ0n) is 11.7. The molecule has 18 heavy (non-hydrogen) atoms. The zero-order valence-corrected chi connectivity index (χ0v) is 11.7. The summed E-state index contributed by atoms with van der Waals surface area (Å²) in [4.78, 5) is 13.6. The minimum Gasteiger partial charge on any atom is -0.395 e. The maximum Gasteiger partial charge on any atom is 0.223 e. The second-order valence-corrected chi connectivity index (χ2v) is 5.47. The first-order valence-corrected chi connectivity index (χ1v) is 6.29. The lowest BCUT2D eigenvalue weighted by molar-refractivity contribution is -0.131. The minimum atomic E-state index is -0.186. The van der Waals surface area contributed by atoms with E-state index in [0.717, 1.165) is 0 Å². The van der Waals surface area contributed by atoms with Crippen LogP contribution in [0, 0.1) is 6.92 Å². The molecule has 1 rings (SSSR count). The molecule has 0 bridgehead atoms. The van der Waals surface area contributed by atoms with E-state index in [1.165, 1.54) is 11.1 Å². The lowest BCUT2D eigenvalue weighted by atomic mass is 9.81. The Hall–Kier alpha value is -1.35. The lowest BCUT2D eigenvalue weighted by Crippen LogP contribution is -2.34. The Morgan fingerprint density at radius 1 is 1.28 bits per heavy atom. The van der Waals surface area contributed by atoms with Gasteiger partial charge in [0, 0.05) is 20.0 Å². The van der Waals surface area contributed by atoms with Crippen LogP contribution in [-0.4, -0.2) is 36.1 Å². The van der Waals surface area contributed by atoms with Gasteiger partial charge in [-0.25, -0.2) is 0 Å². The molecule has 0 saturated carbocycles. The molecule has 1 aromatic carbocycles. The van der Waals surface area contributed by atoms with E-state index in [0.29, 0.717) is 13.0 Å². The average Bonchev–Trinajstić information content (AvgIpc) is 2.29. The van der Waals surface area contributed by atoms with E-state index in [2.05, 4.69) is 45.0 Å². The quantitative estimate of drug-likeness (QED) is 0.868. The number of aliphatic hydroxyl groups excluding tert-OH is 1. The number of carbonyl (C=O) groups excluding carboxylic acids is 1. The van der Waals surface area contributed by atoms with E-state index >= 15 is 0 Å². The van der Waals surface area contributed by atoms with Gasteiger partial charge in [-0.2, -0.15) is 0 Å². The lowest BCUT2D eigenvalue weighted by Gasteiger charge is -2.27. The number of nitrogens with zero attached hydrogens (tertiary/aromatic N) is 1. The molecule has 3 heteroatoms. The van der Waals surface area contributed by atoms with Gasteiger partial charge in [0.15, 0.2) is 0 Å². The SMILES string of the molecule is Cc1ccc(C(C)(C)CC(=O)N(C)CCO)cc1. The molecule has 0 spiro atoms. The number of carbonyl (C=O) groups is 1. The Kier molecular flexibility index (Phi) is 4.91. The van der Waals surface area contributed by atoms with Gasteiger partial charge in [0.2, 0.25) is 5.91 Å². The largest absolute Gasteiger partial charge is 0.395 e. The molecule has 0 fully saturated rings. The minimum absolute atomic E-state index is 0.00714. The molecule has 1 amide bonds. The third kappa shape index (κ3) is 3.84. The number of aryl methyl sites for hydroxylation is 1. The molecular weight excluding hydrogens is 226 g/mol. The number of hydrogen-bond donors (Lipinski definition) is 1. The van der Waals surface area contributed by atoms with Crippen molar-refractivity contribution in [2.24, 2.45) is 0 Å². The van der Waals surface area contributed by atoms with Crippen molar-refractivity contribution < 1.29 is 9.90 Å². The van der Waals surface area contributed by atoms with Crippen LogP contribution in [-0.2, 0) is 10.2 Å². The fourth-order valence-corrected chi connectivity index (χ4v) is 1.89. The molecule has 0 unspecified atom stereocenters. The molecule has 100 valence electrons. The van der Waals surface area contributed by atoms with Gasteiger partial charge in [0.05, 0.1) is 6.61 Å². The smallest absolute Gasteiger partial charge is 0.223 e. The summed E-state index contributed by atoms with van der Waals surface area (Å²) in [5.41, 5.74) is 2.20. The highest BCUT2D eigenvalue weighted by molar-refractivity contribution is 5.77. The van der Waals surface area contributed by atoms with Crippen molar-refractivity contribution in [1.82, 2.24) is 4.90 Å². The van der Waals surface area contributed by atoms with Crippen LogP contribution >= 0.6 is 0 Å². The van der Waals surface area contributed by atoms with Gasteiger partial charge in [-0.05, 0) is 17.9 Å². The van der Waals surface area contributed by atoms with Crippen LogP contribution in [0.5, 0.6) is 0 Å². The third-order valence-corrected chi connectivity index (χ3v) is 3.29. The Balaban J connectivity index is 2.75. The molecule has 0 aliphatic rings. The Morgan fingerprint density at radius 3 is 2.33 bits per heavy atom. The first kappa shape index (κ1) is 14.7. The molecule has 0 aliphatic carbocycles. The van der Waals surface area contributed by atoms with Crippen LogP contribution in [0.1, 0.15) is 31.4 Å². The molecule has 1 aromatic rings. The highest BCUT2D eigenvalue weighted by atomic mass is 16.3. The van der Waals surface area contributed by atoms with E-state index in [1.807, 2.05) is 0 Å². The number of aliphatic hydroxyl groups is 1. The van der Waals surface area contributed by atoms with Crippen molar-refractivity contribution in [2.45, 2.75) is 32.6 Å². The second kappa shape index (κ2) is 6.01. The molecule has 3 nitrogen and oxygen atoms in total. The number of amides is 1. The van der Waals surface area contributed by atoms with E-state index in [1.54, 1.807) is 11.9 Å². The predicted octanol–water partition coefficient (Wildman–Crippen LogP) is 2.11. The highest BCUT2D eigenvalue weighted by Crippen LogP contribution is 2.27. The van der Waals surface area contributed by atoms with Crippen molar-refractivity contribution in [3.63, 3.8) is 0 Å². The molecular formula is C15H23NO2. The first-order chi connectivity index (χ1) is 8.36. The van der Waals surface area contributed by atoms with Crippen molar-refractivity contribution in [2.75, 3.05) is 20.2 Å². The molecule has 0 saturated heterocycles. The number of benzene rings is 1. The van der Waals surface area contributed by atoms with Gasteiger partial charge >= 0.3 is 0 Å². The van der Waals surface area contributed by atoms with Gasteiger partial charge in [-0.3, -0.25) is 4.79 Å². The highest BCUT2D eigenvalue weighted by Gasteiger charge is 2.25. The van der Waals surface area contributed by atoms with Gasteiger partial charge in [-0.1, -0.05) is 43.7 Å². The van der Waals surface area contributed by atoms with Crippen LogP contribution in [0.4, 0.5) is 0 Å². The van der Waals surface area contributed by atoms with Crippen molar-refractivity contribution in [3.8, 4) is 0 Å². The normalized spacial score (nSPS) is 11.4. The van der Waals surface area contributed by atoms with Crippen LogP contribution in [0.2, 0.25) is 0 Å². The summed E-state index contributed by atoms with van der Waals surface area (Å²) >= 11 is 0. The van der Waals surface area contributed by atoms with E-state index in [9.17, 15) is 4.79 Å². The molecule has 0 atom stereocenters. The molecule has 1 N–H and O–H groups in total. The Labute approximate surface area is 109 Å². The van der Waals surface area contributed by atoms with Gasteiger partial charge in [0.25, 0.3) is 0 Å². The van der Waals surface area contributed by atoms with E-state index < -0.39 is 0 Å². The standard InChI is InChI=1S/C15H23NO2/c1-12-5-7-13(8-6-12)15(2,3)11-14(18)16(4)9-10-17/h5-8,17H,9-11H2,1-4H3. The molecule has 0 radical (unpaired) electrons. The van der Waals surface area contributed by atoms with Crippen molar-refractivity contribution in [3.05, 3.63) is 35.4 Å². The summed E-state index contributed by atoms with van der Waals surface area (Å²) < 4.78 is 0. The molecule has 0 aliphatic heterocycles. The average molecular weight is 249 g/mol. The maximum atomic E-state index is 12.0. The number of likely N-dealkylation sites (N-methyl/N-ethyl adjacent to an activating group) is 1. The van der Waals surface area contributed by atoms with Crippen molar-refractivity contribution >= 4 is 5.91 Å². The summed E-state index contributed by atoms with van der Waals surface area (Å²) in [5, 5.41) is 8.84. The van der Waals surface area contributed by atoms with E-state index in [4.69, 9.17) is 5.11 Å². The Bertz CT molecular complexity index is 395. The van der Waals surface area contributed by atoms with Crippen LogP contribution in [0.25, 0.3) is 0 Å². The summed E-state index contributed by atoms with van der Waals surface area (Å²) in [6.45, 7) is 6.59. The summed E-state index contributed by atoms with van der Waals surface area (Å²) in [6.07, 6.45) is 0.451. The molecule has 0 heterocycles. The summed E-state index contributed by atoms with van der Waals surface area (Å²) in [7, 11) is 1.73. The van der Waals surface area contributed by atoms with E-state index in [-0.39, 0.29) is 17.9 Å². The fourth-order valence-electron chi connectivity index (χ4n) is 1.89. The second-order valence-electron chi connectivity index (χ2n) is 5.47. The number of hydrogen-bond acceptors (Lipinski definition) is 2. The van der Waals surface area contributed by atoms with Gasteiger partial charge < -0.3 is 10.0 Å². The van der Waals surface area contributed by atoms with Crippen LogP contribution < -0.4 is 0 Å². The van der Waals surface area contributed by atoms with Crippen LogP contribution in [0.3, 0.4) is 0 Å². The number of rotatable bonds is 5. The van der Waals surface area contributed by atoms with Gasteiger partial charge in [-0.15, -0.1) is 0 Å². The summed E-state index contributed by atoms with van der Waals surface area (Å²) in [6, 6.07) is 8.29.